The monoisotopic (exact) mass is 366 g/mol. The predicted octanol–water partition coefficient (Wildman–Crippen LogP) is 3.06. The molecule has 0 saturated carbocycles. The van der Waals surface area contributed by atoms with Gasteiger partial charge < -0.3 is 0 Å². The Morgan fingerprint density at radius 1 is 1.15 bits per heavy atom. The summed E-state index contributed by atoms with van der Waals surface area (Å²) < 4.78 is 65.0. The summed E-state index contributed by atoms with van der Waals surface area (Å²) in [7, 11) is -4.38. The van der Waals surface area contributed by atoms with Crippen LogP contribution < -0.4 is 4.72 Å². The van der Waals surface area contributed by atoms with E-state index in [2.05, 4.69) is 20.9 Å². The molecule has 9 heteroatoms. The van der Waals surface area contributed by atoms with Gasteiger partial charge in [0.1, 0.15) is 22.3 Å². The van der Waals surface area contributed by atoms with E-state index < -0.39 is 32.5 Å². The van der Waals surface area contributed by atoms with Crippen molar-refractivity contribution in [2.75, 3.05) is 4.72 Å². The maximum Gasteiger partial charge on any atom is 0.267 e. The minimum absolute atomic E-state index is 0.293. The zero-order valence-corrected chi connectivity index (χ0v) is 12.0. The number of anilines is 1. The van der Waals surface area contributed by atoms with Crippen molar-refractivity contribution in [2.45, 2.75) is 4.90 Å². The summed E-state index contributed by atoms with van der Waals surface area (Å²) in [4.78, 5) is 2.50. The van der Waals surface area contributed by atoms with Gasteiger partial charge in [-0.2, -0.15) is 4.39 Å². The first-order chi connectivity index (χ1) is 9.29. The summed E-state index contributed by atoms with van der Waals surface area (Å²) in [6, 6.07) is 4.67. The molecule has 1 aromatic heterocycles. The number of benzene rings is 1. The van der Waals surface area contributed by atoms with E-state index in [9.17, 15) is 21.6 Å². The lowest BCUT2D eigenvalue weighted by Crippen LogP contribution is -2.16. The van der Waals surface area contributed by atoms with Crippen molar-refractivity contribution in [1.82, 2.24) is 4.98 Å². The molecule has 0 aliphatic rings. The maximum atomic E-state index is 13.6. The Hall–Kier alpha value is -1.61. The lowest BCUT2D eigenvalue weighted by Gasteiger charge is -2.10. The molecule has 2 aromatic rings. The summed E-state index contributed by atoms with van der Waals surface area (Å²) >= 11 is 2.77. The fraction of sp³-hybridized carbons (Fsp3) is 0. The first-order valence-corrected chi connectivity index (χ1v) is 7.37. The maximum absolute atomic E-state index is 13.6. The molecular formula is C11H6BrF3N2O2S. The molecule has 0 aliphatic carbocycles. The van der Waals surface area contributed by atoms with Crippen LogP contribution in [0.4, 0.5) is 19.0 Å². The lowest BCUT2D eigenvalue weighted by atomic mass is 10.3. The van der Waals surface area contributed by atoms with Crippen LogP contribution in [0.15, 0.2) is 39.7 Å². The Labute approximate surface area is 120 Å². The quantitative estimate of drug-likeness (QED) is 0.849. The fourth-order valence-corrected chi connectivity index (χ4v) is 3.61. The first kappa shape index (κ1) is 14.8. The number of sulfonamides is 1. The number of pyridine rings is 1. The van der Waals surface area contributed by atoms with Crippen LogP contribution in [-0.2, 0) is 10.0 Å². The van der Waals surface area contributed by atoms with E-state index in [0.29, 0.717) is 6.07 Å². The van der Waals surface area contributed by atoms with Gasteiger partial charge in [-0.1, -0.05) is 6.07 Å². The highest BCUT2D eigenvalue weighted by Crippen LogP contribution is 2.27. The minimum atomic E-state index is -4.38. The van der Waals surface area contributed by atoms with E-state index in [0.717, 1.165) is 12.1 Å². The predicted molar refractivity (Wildman–Crippen MR) is 69.1 cm³/mol. The molecular weight excluding hydrogens is 361 g/mol. The molecule has 1 N–H and O–H groups in total. The second kappa shape index (κ2) is 5.41. The summed E-state index contributed by atoms with van der Waals surface area (Å²) in [6.45, 7) is 0. The molecule has 0 bridgehead atoms. The van der Waals surface area contributed by atoms with Crippen molar-refractivity contribution in [3.8, 4) is 0 Å². The van der Waals surface area contributed by atoms with Gasteiger partial charge in [-0.05, 0) is 34.1 Å². The van der Waals surface area contributed by atoms with E-state index in [1.807, 2.05) is 4.72 Å². The van der Waals surface area contributed by atoms with Crippen molar-refractivity contribution < 1.29 is 21.6 Å². The number of hydrogen-bond acceptors (Lipinski definition) is 3. The fourth-order valence-electron chi connectivity index (χ4n) is 1.44. The highest BCUT2D eigenvalue weighted by Gasteiger charge is 2.24. The van der Waals surface area contributed by atoms with Crippen LogP contribution in [0.3, 0.4) is 0 Å². The molecule has 1 heterocycles. The molecule has 0 amide bonds. The number of nitrogens with one attached hydrogen (secondary N) is 1. The highest BCUT2D eigenvalue weighted by atomic mass is 79.9. The van der Waals surface area contributed by atoms with Gasteiger partial charge in [-0.3, -0.25) is 4.72 Å². The molecule has 2 rings (SSSR count). The summed E-state index contributed by atoms with van der Waals surface area (Å²) in [5.74, 6) is -3.43. The molecule has 0 saturated heterocycles. The lowest BCUT2D eigenvalue weighted by molar-refractivity contribution is 0.548. The molecule has 106 valence electrons. The molecule has 1 aromatic carbocycles. The third kappa shape index (κ3) is 3.10. The third-order valence-electron chi connectivity index (χ3n) is 2.19. The molecule has 0 spiro atoms. The largest absolute Gasteiger partial charge is 0.267 e. The van der Waals surface area contributed by atoms with Crippen LogP contribution in [-0.4, -0.2) is 13.4 Å². The SMILES string of the molecule is O=S(=O)(Nc1cccc(F)n1)c1c(F)cc(F)cc1Br. The van der Waals surface area contributed by atoms with Crippen LogP contribution in [0.5, 0.6) is 0 Å². The zero-order chi connectivity index (χ0) is 14.9. The second-order valence-corrected chi connectivity index (χ2v) is 6.12. The Morgan fingerprint density at radius 2 is 1.85 bits per heavy atom. The third-order valence-corrected chi connectivity index (χ3v) is 4.50. The van der Waals surface area contributed by atoms with Crippen molar-refractivity contribution in [1.29, 1.82) is 0 Å². The normalized spacial score (nSPS) is 11.4. The molecule has 0 radical (unpaired) electrons. The summed E-state index contributed by atoms with van der Waals surface area (Å²) in [5, 5.41) is 0. The average Bonchev–Trinajstić information content (AvgIpc) is 2.25. The van der Waals surface area contributed by atoms with Gasteiger partial charge >= 0.3 is 0 Å². The Morgan fingerprint density at radius 3 is 2.45 bits per heavy atom. The van der Waals surface area contributed by atoms with Crippen LogP contribution in [0, 0.1) is 17.6 Å². The van der Waals surface area contributed by atoms with Crippen LogP contribution in [0.1, 0.15) is 0 Å². The van der Waals surface area contributed by atoms with E-state index in [-0.39, 0.29) is 10.3 Å². The van der Waals surface area contributed by atoms with Gasteiger partial charge in [-0.25, -0.2) is 22.2 Å². The van der Waals surface area contributed by atoms with Gasteiger partial charge in [0.25, 0.3) is 10.0 Å². The van der Waals surface area contributed by atoms with Crippen molar-refractivity contribution >= 4 is 31.8 Å². The first-order valence-electron chi connectivity index (χ1n) is 5.09. The van der Waals surface area contributed by atoms with Gasteiger partial charge in [0.2, 0.25) is 5.95 Å². The van der Waals surface area contributed by atoms with Gasteiger partial charge in [0.15, 0.2) is 0 Å². The Balaban J connectivity index is 2.46. The topological polar surface area (TPSA) is 59.1 Å². The smallest absolute Gasteiger partial charge is 0.263 e. The zero-order valence-electron chi connectivity index (χ0n) is 9.57. The molecule has 0 fully saturated rings. The molecule has 4 nitrogen and oxygen atoms in total. The highest BCUT2D eigenvalue weighted by molar-refractivity contribution is 9.10. The molecule has 0 aliphatic heterocycles. The molecule has 0 unspecified atom stereocenters. The standard InChI is InChI=1S/C11H6BrF3N2O2S/c12-7-4-6(13)5-8(14)11(7)20(18,19)17-10-3-1-2-9(15)16-10/h1-5H,(H,16,17). The number of halogens is 4. The van der Waals surface area contributed by atoms with Crippen LogP contribution in [0.2, 0.25) is 0 Å². The Kier molecular flexibility index (Phi) is 4.00. The number of rotatable bonds is 3. The Bertz CT molecular complexity index is 745. The van der Waals surface area contributed by atoms with Crippen molar-refractivity contribution in [3.05, 3.63) is 52.4 Å². The minimum Gasteiger partial charge on any atom is -0.263 e. The molecule has 20 heavy (non-hydrogen) atoms. The number of hydrogen-bond donors (Lipinski definition) is 1. The second-order valence-electron chi connectivity index (χ2n) is 3.65. The van der Waals surface area contributed by atoms with E-state index in [1.165, 1.54) is 12.1 Å². The van der Waals surface area contributed by atoms with E-state index >= 15 is 0 Å². The van der Waals surface area contributed by atoms with Crippen molar-refractivity contribution in [2.24, 2.45) is 0 Å². The van der Waals surface area contributed by atoms with Crippen molar-refractivity contribution in [3.63, 3.8) is 0 Å². The van der Waals surface area contributed by atoms with E-state index in [4.69, 9.17) is 0 Å². The van der Waals surface area contributed by atoms with Gasteiger partial charge in [0, 0.05) is 10.5 Å². The van der Waals surface area contributed by atoms with Gasteiger partial charge in [-0.15, -0.1) is 0 Å². The summed E-state index contributed by atoms with van der Waals surface area (Å²) in [5.41, 5.74) is 0. The van der Waals surface area contributed by atoms with E-state index in [1.54, 1.807) is 0 Å². The number of aromatic nitrogens is 1. The summed E-state index contributed by atoms with van der Waals surface area (Å²) in [6.07, 6.45) is 0. The average molecular weight is 367 g/mol. The van der Waals surface area contributed by atoms with Gasteiger partial charge in [0.05, 0.1) is 0 Å². The number of nitrogens with zero attached hydrogens (tertiary/aromatic N) is 1. The van der Waals surface area contributed by atoms with Crippen LogP contribution in [0.25, 0.3) is 0 Å². The van der Waals surface area contributed by atoms with Crippen LogP contribution >= 0.6 is 15.9 Å². The molecule has 0 atom stereocenters.